The Morgan fingerprint density at radius 1 is 1.03 bits per heavy atom. The first-order valence-electron chi connectivity index (χ1n) is 12.6. The summed E-state index contributed by atoms with van der Waals surface area (Å²) in [6.07, 6.45) is 2.04. The van der Waals surface area contributed by atoms with E-state index in [1.165, 1.54) is 4.90 Å². The molecule has 0 bridgehead atoms. The first kappa shape index (κ1) is 30.7. The quantitative estimate of drug-likeness (QED) is 0.291. The fraction of sp³-hybridized carbons (Fsp3) is 0.310. The molecule has 1 atom stereocenters. The molecular weight excluding hydrogens is 602 g/mol. The number of rotatable bonds is 12. The maximum atomic E-state index is 14.0. The van der Waals surface area contributed by atoms with Crippen LogP contribution in [0, 0.1) is 6.92 Å². The van der Waals surface area contributed by atoms with Crippen LogP contribution in [-0.2, 0) is 32.6 Å². The Balaban J connectivity index is 2.06. The molecule has 208 valence electrons. The first-order valence-corrected chi connectivity index (χ1v) is 15.6. The molecule has 3 rings (SSSR count). The number of aryl methyl sites for hydroxylation is 1. The van der Waals surface area contributed by atoms with Crippen LogP contribution in [-0.4, -0.2) is 50.5 Å². The largest absolute Gasteiger partial charge is 0.354 e. The van der Waals surface area contributed by atoms with Crippen LogP contribution in [0.15, 0.2) is 77.3 Å². The Bertz CT molecular complexity index is 1400. The van der Waals surface area contributed by atoms with E-state index in [0.29, 0.717) is 22.8 Å². The number of hydrogen-bond acceptors (Lipinski definition) is 4. The van der Waals surface area contributed by atoms with Crippen molar-refractivity contribution in [3.05, 3.63) is 99.0 Å². The molecule has 0 aliphatic rings. The second-order valence-corrected chi connectivity index (χ2v) is 12.5. The molecule has 3 aromatic carbocycles. The minimum Gasteiger partial charge on any atom is -0.354 e. The fourth-order valence-electron chi connectivity index (χ4n) is 4.13. The molecule has 0 aromatic heterocycles. The highest BCUT2D eigenvalue weighted by Gasteiger charge is 2.33. The summed E-state index contributed by atoms with van der Waals surface area (Å²) in [6.45, 7) is 3.80. The lowest BCUT2D eigenvalue weighted by Gasteiger charge is -2.33. The fourth-order valence-corrected chi connectivity index (χ4v) is 5.41. The Hall–Kier alpha value is -2.88. The van der Waals surface area contributed by atoms with Gasteiger partial charge in [0, 0.05) is 29.0 Å². The zero-order valence-corrected chi connectivity index (χ0v) is 25.4. The van der Waals surface area contributed by atoms with Crippen LogP contribution in [0.25, 0.3) is 0 Å². The third-order valence-electron chi connectivity index (χ3n) is 6.23. The monoisotopic (exact) mass is 633 g/mol. The van der Waals surface area contributed by atoms with E-state index in [2.05, 4.69) is 21.2 Å². The van der Waals surface area contributed by atoms with Crippen molar-refractivity contribution in [3.63, 3.8) is 0 Å². The lowest BCUT2D eigenvalue weighted by molar-refractivity contribution is -0.140. The van der Waals surface area contributed by atoms with E-state index in [1.54, 1.807) is 42.5 Å². The number of benzene rings is 3. The number of carbonyl (C=O) groups is 2. The zero-order chi connectivity index (χ0) is 28.6. The maximum Gasteiger partial charge on any atom is 0.244 e. The van der Waals surface area contributed by atoms with Gasteiger partial charge in [-0.25, -0.2) is 8.42 Å². The number of amides is 2. The SMILES string of the molecule is CCCNC(=O)[C@@H](Cc1ccccc1)N(Cc1ccccc1Cl)C(=O)CN(c1ccc(Br)c(C)c1)S(C)(=O)=O. The molecule has 39 heavy (non-hydrogen) atoms. The van der Waals surface area contributed by atoms with Crippen LogP contribution in [0.5, 0.6) is 0 Å². The second kappa shape index (κ2) is 14.0. The third-order valence-corrected chi connectivity index (χ3v) is 8.63. The number of anilines is 1. The van der Waals surface area contributed by atoms with Gasteiger partial charge in [0.15, 0.2) is 0 Å². The van der Waals surface area contributed by atoms with Gasteiger partial charge in [0.05, 0.1) is 11.9 Å². The van der Waals surface area contributed by atoms with Crippen molar-refractivity contribution < 1.29 is 18.0 Å². The summed E-state index contributed by atoms with van der Waals surface area (Å²) in [7, 11) is -3.83. The first-order chi connectivity index (χ1) is 18.5. The summed E-state index contributed by atoms with van der Waals surface area (Å²) in [5, 5.41) is 3.36. The Morgan fingerprint density at radius 3 is 2.31 bits per heavy atom. The van der Waals surface area contributed by atoms with E-state index in [-0.39, 0.29) is 18.9 Å². The van der Waals surface area contributed by atoms with Crippen LogP contribution in [0.2, 0.25) is 5.02 Å². The van der Waals surface area contributed by atoms with Crippen molar-refractivity contribution in [3.8, 4) is 0 Å². The molecule has 1 N–H and O–H groups in total. The minimum absolute atomic E-state index is 0.0342. The number of hydrogen-bond donors (Lipinski definition) is 1. The third kappa shape index (κ3) is 8.55. The summed E-state index contributed by atoms with van der Waals surface area (Å²) >= 11 is 9.89. The molecule has 0 saturated heterocycles. The molecule has 0 aliphatic carbocycles. The van der Waals surface area contributed by atoms with Crippen LogP contribution in [0.1, 0.15) is 30.0 Å². The molecule has 0 heterocycles. The molecule has 3 aromatic rings. The van der Waals surface area contributed by atoms with Crippen LogP contribution in [0.4, 0.5) is 5.69 Å². The predicted molar refractivity (Wildman–Crippen MR) is 160 cm³/mol. The van der Waals surface area contributed by atoms with Gasteiger partial charge in [0.2, 0.25) is 21.8 Å². The molecular formula is C29H33BrClN3O4S. The van der Waals surface area contributed by atoms with Crippen molar-refractivity contribution in [1.29, 1.82) is 0 Å². The smallest absolute Gasteiger partial charge is 0.244 e. The summed E-state index contributed by atoms with van der Waals surface area (Å²) in [5.41, 5.74) is 2.70. The molecule has 0 radical (unpaired) electrons. The number of nitrogens with zero attached hydrogens (tertiary/aromatic N) is 2. The van der Waals surface area contributed by atoms with Gasteiger partial charge in [-0.2, -0.15) is 0 Å². The van der Waals surface area contributed by atoms with Gasteiger partial charge in [-0.05, 0) is 54.3 Å². The topological polar surface area (TPSA) is 86.8 Å². The van der Waals surface area contributed by atoms with Gasteiger partial charge in [-0.1, -0.05) is 83.0 Å². The van der Waals surface area contributed by atoms with E-state index >= 15 is 0 Å². The normalized spacial score (nSPS) is 12.0. The number of halogens is 2. The average molecular weight is 635 g/mol. The molecule has 7 nitrogen and oxygen atoms in total. The number of carbonyl (C=O) groups excluding carboxylic acids is 2. The molecule has 0 saturated carbocycles. The van der Waals surface area contributed by atoms with Crippen LogP contribution in [0.3, 0.4) is 0 Å². The summed E-state index contributed by atoms with van der Waals surface area (Å²) in [4.78, 5) is 29.0. The molecule has 10 heteroatoms. The highest BCUT2D eigenvalue weighted by atomic mass is 79.9. The Labute approximate surface area is 244 Å². The standard InChI is InChI=1S/C29H33BrClN3O4S/c1-4-16-32-29(36)27(18-22-10-6-5-7-11-22)33(19-23-12-8-9-13-26(23)31)28(35)20-34(39(3,37)38)24-14-15-25(30)21(2)17-24/h5-15,17,27H,4,16,18-20H2,1-3H3,(H,32,36)/t27-/m1/s1. The van der Waals surface area contributed by atoms with Gasteiger partial charge in [0.25, 0.3) is 0 Å². The average Bonchev–Trinajstić information content (AvgIpc) is 2.90. The highest BCUT2D eigenvalue weighted by molar-refractivity contribution is 9.10. The van der Waals surface area contributed by atoms with E-state index in [4.69, 9.17) is 11.6 Å². The molecule has 2 amide bonds. The van der Waals surface area contributed by atoms with Crippen molar-refractivity contribution in [2.24, 2.45) is 0 Å². The lowest BCUT2D eigenvalue weighted by atomic mass is 10.0. The van der Waals surface area contributed by atoms with Crippen molar-refractivity contribution in [2.75, 3.05) is 23.7 Å². The van der Waals surface area contributed by atoms with E-state index in [9.17, 15) is 18.0 Å². The molecule has 0 unspecified atom stereocenters. The van der Waals surface area contributed by atoms with Gasteiger partial charge in [-0.3, -0.25) is 13.9 Å². The molecule has 0 aliphatic heterocycles. The minimum atomic E-state index is -3.83. The summed E-state index contributed by atoms with van der Waals surface area (Å²) in [6, 6.07) is 20.7. The maximum absolute atomic E-state index is 14.0. The van der Waals surface area contributed by atoms with E-state index in [1.807, 2.05) is 44.2 Å². The van der Waals surface area contributed by atoms with E-state index in [0.717, 1.165) is 32.6 Å². The summed E-state index contributed by atoms with van der Waals surface area (Å²) in [5.74, 6) is -0.833. The van der Waals surface area contributed by atoms with Gasteiger partial charge >= 0.3 is 0 Å². The predicted octanol–water partition coefficient (Wildman–Crippen LogP) is 5.34. The Morgan fingerprint density at radius 2 is 1.69 bits per heavy atom. The summed E-state index contributed by atoms with van der Waals surface area (Å²) < 4.78 is 27.6. The Kier molecular flexibility index (Phi) is 11.0. The van der Waals surface area contributed by atoms with Crippen LogP contribution < -0.4 is 9.62 Å². The highest BCUT2D eigenvalue weighted by Crippen LogP contribution is 2.26. The van der Waals surface area contributed by atoms with Crippen molar-refractivity contribution in [1.82, 2.24) is 10.2 Å². The van der Waals surface area contributed by atoms with E-state index < -0.39 is 28.5 Å². The lowest BCUT2D eigenvalue weighted by Crippen LogP contribution is -2.53. The van der Waals surface area contributed by atoms with Crippen molar-refractivity contribution in [2.45, 2.75) is 39.3 Å². The number of nitrogens with one attached hydrogen (secondary N) is 1. The second-order valence-electron chi connectivity index (χ2n) is 9.31. The van der Waals surface area contributed by atoms with Crippen molar-refractivity contribution >= 4 is 55.1 Å². The number of sulfonamides is 1. The molecule has 0 spiro atoms. The van der Waals surface area contributed by atoms with Gasteiger partial charge < -0.3 is 10.2 Å². The van der Waals surface area contributed by atoms with Gasteiger partial charge in [0.1, 0.15) is 12.6 Å². The zero-order valence-electron chi connectivity index (χ0n) is 22.2. The van der Waals surface area contributed by atoms with Gasteiger partial charge in [-0.15, -0.1) is 0 Å². The molecule has 0 fully saturated rings. The van der Waals surface area contributed by atoms with Crippen LogP contribution >= 0.6 is 27.5 Å².